The SMILES string of the molecule is O=C(O)c1ccc(-n2c(-c3ccc(Cl)cc3)nc(-c3ccc(Cl)cc3)c2-c2ccc(Cl)cc2)cc1. The van der Waals surface area contributed by atoms with Crippen molar-refractivity contribution in [3.05, 3.63) is 118 Å². The quantitative estimate of drug-likeness (QED) is 0.253. The molecular weight excluding hydrogens is 503 g/mol. The second kappa shape index (κ2) is 9.59. The first-order valence-corrected chi connectivity index (χ1v) is 11.8. The maximum atomic E-state index is 11.5. The van der Waals surface area contributed by atoms with Crippen LogP contribution in [0.5, 0.6) is 0 Å². The van der Waals surface area contributed by atoms with Gasteiger partial charge in [0.2, 0.25) is 0 Å². The van der Waals surface area contributed by atoms with Crippen LogP contribution in [-0.2, 0) is 0 Å². The van der Waals surface area contributed by atoms with Gasteiger partial charge in [-0.15, -0.1) is 0 Å². The Bertz CT molecular complexity index is 1510. The van der Waals surface area contributed by atoms with Crippen LogP contribution in [0.25, 0.3) is 39.6 Å². The molecule has 0 aliphatic rings. The van der Waals surface area contributed by atoms with E-state index in [1.807, 2.05) is 77.4 Å². The second-order valence-corrected chi connectivity index (χ2v) is 9.15. The minimum absolute atomic E-state index is 0.202. The molecule has 0 amide bonds. The van der Waals surface area contributed by atoms with Gasteiger partial charge in [0, 0.05) is 37.4 Å². The number of hydrogen-bond acceptors (Lipinski definition) is 2. The fraction of sp³-hybridized carbons (Fsp3) is 0. The minimum atomic E-state index is -0.986. The number of hydrogen-bond donors (Lipinski definition) is 1. The summed E-state index contributed by atoms with van der Waals surface area (Å²) in [4.78, 5) is 16.5. The van der Waals surface area contributed by atoms with Gasteiger partial charge in [0.1, 0.15) is 5.82 Å². The topological polar surface area (TPSA) is 55.1 Å². The fourth-order valence-corrected chi connectivity index (χ4v) is 4.28. The van der Waals surface area contributed by atoms with Crippen molar-refractivity contribution >= 4 is 40.8 Å². The third-order valence-electron chi connectivity index (χ3n) is 5.59. The summed E-state index contributed by atoms with van der Waals surface area (Å²) in [6.45, 7) is 0. The largest absolute Gasteiger partial charge is 0.478 e. The van der Waals surface area contributed by atoms with Gasteiger partial charge in [-0.05, 0) is 72.8 Å². The third kappa shape index (κ3) is 4.69. The molecule has 5 aromatic rings. The summed E-state index contributed by atoms with van der Waals surface area (Å²) in [6, 6.07) is 29.2. The van der Waals surface area contributed by atoms with Gasteiger partial charge >= 0.3 is 5.97 Å². The summed E-state index contributed by atoms with van der Waals surface area (Å²) < 4.78 is 2.02. The normalized spacial score (nSPS) is 10.9. The first-order valence-electron chi connectivity index (χ1n) is 10.6. The molecule has 0 radical (unpaired) electrons. The molecule has 0 aliphatic carbocycles. The van der Waals surface area contributed by atoms with Crippen molar-refractivity contribution in [3.8, 4) is 39.6 Å². The van der Waals surface area contributed by atoms with E-state index in [2.05, 4.69) is 0 Å². The average molecular weight is 520 g/mol. The van der Waals surface area contributed by atoms with E-state index in [0.29, 0.717) is 20.9 Å². The van der Waals surface area contributed by atoms with Crippen LogP contribution in [0.4, 0.5) is 0 Å². The number of carboxylic acids is 1. The molecule has 0 saturated heterocycles. The van der Waals surface area contributed by atoms with Gasteiger partial charge in [-0.25, -0.2) is 9.78 Å². The highest BCUT2D eigenvalue weighted by atomic mass is 35.5. The van der Waals surface area contributed by atoms with Gasteiger partial charge in [-0.1, -0.05) is 59.1 Å². The van der Waals surface area contributed by atoms with Crippen molar-refractivity contribution in [2.75, 3.05) is 0 Å². The van der Waals surface area contributed by atoms with Crippen LogP contribution in [0.2, 0.25) is 15.1 Å². The lowest BCUT2D eigenvalue weighted by atomic mass is 10.0. The molecule has 0 fully saturated rings. The molecule has 1 heterocycles. The first-order chi connectivity index (χ1) is 16.9. The van der Waals surface area contributed by atoms with Crippen LogP contribution < -0.4 is 0 Å². The summed E-state index contributed by atoms with van der Waals surface area (Å²) in [6.07, 6.45) is 0. The van der Waals surface area contributed by atoms with E-state index in [-0.39, 0.29) is 5.56 Å². The minimum Gasteiger partial charge on any atom is -0.478 e. The van der Waals surface area contributed by atoms with E-state index >= 15 is 0 Å². The summed E-state index contributed by atoms with van der Waals surface area (Å²) in [5, 5.41) is 11.3. The first kappa shape index (κ1) is 23.2. The Labute approximate surface area is 217 Å². The Kier molecular flexibility index (Phi) is 6.35. The van der Waals surface area contributed by atoms with E-state index in [0.717, 1.165) is 33.8 Å². The molecule has 0 unspecified atom stereocenters. The van der Waals surface area contributed by atoms with E-state index in [4.69, 9.17) is 39.8 Å². The number of rotatable bonds is 5. The smallest absolute Gasteiger partial charge is 0.335 e. The molecule has 4 aromatic carbocycles. The van der Waals surface area contributed by atoms with Crippen molar-refractivity contribution < 1.29 is 9.90 Å². The highest BCUT2D eigenvalue weighted by Gasteiger charge is 2.22. The van der Waals surface area contributed by atoms with Gasteiger partial charge in [-0.3, -0.25) is 4.57 Å². The van der Waals surface area contributed by atoms with Crippen molar-refractivity contribution in [1.29, 1.82) is 0 Å². The van der Waals surface area contributed by atoms with Crippen LogP contribution in [0, 0.1) is 0 Å². The van der Waals surface area contributed by atoms with Crippen LogP contribution in [-0.4, -0.2) is 20.6 Å². The molecule has 1 N–H and O–H groups in total. The standard InChI is InChI=1S/C28H17Cl3N2O2/c29-21-9-1-17(2-10-21)25-26(18-3-11-22(30)12-4-18)33(24-15-7-20(8-16-24)28(34)35)27(32-25)19-5-13-23(31)14-6-19/h1-16H,(H,34,35). The average Bonchev–Trinajstić information content (AvgIpc) is 3.26. The predicted molar refractivity (Wildman–Crippen MR) is 142 cm³/mol. The maximum Gasteiger partial charge on any atom is 0.335 e. The molecular formula is C28H17Cl3N2O2. The van der Waals surface area contributed by atoms with Crippen LogP contribution in [0.3, 0.4) is 0 Å². The Morgan fingerprint density at radius 1 is 0.629 bits per heavy atom. The van der Waals surface area contributed by atoms with Crippen molar-refractivity contribution in [2.45, 2.75) is 0 Å². The Balaban J connectivity index is 1.85. The molecule has 5 rings (SSSR count). The number of carboxylic acid groups (broad SMARTS) is 1. The lowest BCUT2D eigenvalue weighted by Gasteiger charge is -2.14. The molecule has 1 aromatic heterocycles. The number of halogens is 3. The molecule has 0 spiro atoms. The lowest BCUT2D eigenvalue weighted by Crippen LogP contribution is -2.02. The van der Waals surface area contributed by atoms with Gasteiger partial charge < -0.3 is 5.11 Å². The van der Waals surface area contributed by atoms with Crippen molar-refractivity contribution in [3.63, 3.8) is 0 Å². The highest BCUT2D eigenvalue weighted by Crippen LogP contribution is 2.39. The van der Waals surface area contributed by atoms with Gasteiger partial charge in [0.25, 0.3) is 0 Å². The zero-order chi connectivity index (χ0) is 24.5. The summed E-state index contributed by atoms with van der Waals surface area (Å²) >= 11 is 18.5. The molecule has 35 heavy (non-hydrogen) atoms. The van der Waals surface area contributed by atoms with E-state index < -0.39 is 5.97 Å². The van der Waals surface area contributed by atoms with Crippen LogP contribution >= 0.6 is 34.8 Å². The number of imidazole rings is 1. The number of nitrogens with zero attached hydrogens (tertiary/aromatic N) is 2. The molecule has 7 heteroatoms. The predicted octanol–water partition coefficient (Wildman–Crippen LogP) is 8.53. The molecule has 0 saturated carbocycles. The zero-order valence-corrected chi connectivity index (χ0v) is 20.4. The fourth-order valence-electron chi connectivity index (χ4n) is 3.90. The number of benzene rings is 4. The highest BCUT2D eigenvalue weighted by molar-refractivity contribution is 6.31. The third-order valence-corrected chi connectivity index (χ3v) is 6.34. The van der Waals surface area contributed by atoms with E-state index in [1.54, 1.807) is 24.3 Å². The number of carbonyl (C=O) groups is 1. The number of aromatic nitrogens is 2. The molecule has 4 nitrogen and oxygen atoms in total. The molecule has 0 atom stereocenters. The van der Waals surface area contributed by atoms with Gasteiger partial charge in [0.05, 0.1) is 17.0 Å². The molecule has 0 bridgehead atoms. The summed E-state index contributed by atoms with van der Waals surface area (Å²) in [5.41, 5.74) is 5.18. The Hall–Kier alpha value is -3.57. The molecule has 0 aliphatic heterocycles. The molecule has 172 valence electrons. The summed E-state index contributed by atoms with van der Waals surface area (Å²) in [7, 11) is 0. The van der Waals surface area contributed by atoms with Gasteiger partial charge in [0.15, 0.2) is 0 Å². The Morgan fingerprint density at radius 3 is 1.57 bits per heavy atom. The monoisotopic (exact) mass is 518 g/mol. The maximum absolute atomic E-state index is 11.5. The zero-order valence-electron chi connectivity index (χ0n) is 18.1. The van der Waals surface area contributed by atoms with Gasteiger partial charge in [-0.2, -0.15) is 0 Å². The van der Waals surface area contributed by atoms with Crippen molar-refractivity contribution in [2.24, 2.45) is 0 Å². The van der Waals surface area contributed by atoms with E-state index in [9.17, 15) is 9.90 Å². The van der Waals surface area contributed by atoms with E-state index in [1.165, 1.54) is 0 Å². The van der Waals surface area contributed by atoms with Crippen LogP contribution in [0.15, 0.2) is 97.1 Å². The lowest BCUT2D eigenvalue weighted by molar-refractivity contribution is 0.0697. The van der Waals surface area contributed by atoms with Crippen molar-refractivity contribution in [1.82, 2.24) is 9.55 Å². The number of aromatic carboxylic acids is 1. The second-order valence-electron chi connectivity index (χ2n) is 7.84. The Morgan fingerprint density at radius 2 is 1.09 bits per heavy atom. The summed E-state index contributed by atoms with van der Waals surface area (Å²) in [5.74, 6) is -0.306. The van der Waals surface area contributed by atoms with Crippen LogP contribution in [0.1, 0.15) is 10.4 Å².